The average Bonchev–Trinajstić information content (AvgIpc) is 2.04. The molecule has 0 aliphatic heterocycles. The van der Waals surface area contributed by atoms with Gasteiger partial charge in [-0.05, 0) is 16.0 Å². The van der Waals surface area contributed by atoms with Gasteiger partial charge in [-0.1, -0.05) is 6.07 Å². The van der Waals surface area contributed by atoms with Crippen molar-refractivity contribution in [1.29, 1.82) is 0 Å². The van der Waals surface area contributed by atoms with Gasteiger partial charge >= 0.3 is 12.9 Å². The first-order valence-electron chi connectivity index (χ1n) is 3.09. The van der Waals surface area contributed by atoms with Crippen LogP contribution in [0.4, 0.5) is 5.82 Å². The molecule has 0 fully saturated rings. The minimum Gasteiger partial charge on any atom is -0.421 e. The number of rotatable bonds is 2. The normalized spacial score (nSPS) is 9.50. The van der Waals surface area contributed by atoms with E-state index in [1.165, 1.54) is 18.2 Å². The smallest absolute Gasteiger partial charge is 0.421 e. The SMILES string of the molecule is O=[N+]([O-])c1cccc(B(O)O)n1. The predicted octanol–water partition coefficient (Wildman–Crippen LogP) is -1.33. The Labute approximate surface area is 67.8 Å². The first kappa shape index (κ1) is 8.63. The van der Waals surface area contributed by atoms with E-state index in [1.54, 1.807) is 0 Å². The van der Waals surface area contributed by atoms with Crippen molar-refractivity contribution in [1.82, 2.24) is 4.98 Å². The Kier molecular flexibility index (Phi) is 2.36. The molecule has 0 aliphatic carbocycles. The Morgan fingerprint density at radius 3 is 2.67 bits per heavy atom. The Bertz CT molecular complexity index is 303. The van der Waals surface area contributed by atoms with Crippen molar-refractivity contribution in [3.05, 3.63) is 28.3 Å². The van der Waals surface area contributed by atoms with E-state index in [0.29, 0.717) is 0 Å². The molecule has 0 aromatic carbocycles. The van der Waals surface area contributed by atoms with Crippen molar-refractivity contribution in [2.75, 3.05) is 0 Å². The minimum absolute atomic E-state index is 0.135. The van der Waals surface area contributed by atoms with Gasteiger partial charge in [0.2, 0.25) is 0 Å². The highest BCUT2D eigenvalue weighted by atomic mass is 16.6. The highest BCUT2D eigenvalue weighted by molar-refractivity contribution is 6.57. The summed E-state index contributed by atoms with van der Waals surface area (Å²) in [4.78, 5) is 12.8. The van der Waals surface area contributed by atoms with Crippen molar-refractivity contribution in [2.24, 2.45) is 0 Å². The van der Waals surface area contributed by atoms with Crippen LogP contribution in [0.2, 0.25) is 0 Å². The summed E-state index contributed by atoms with van der Waals surface area (Å²) in [6, 6.07) is 3.80. The van der Waals surface area contributed by atoms with Crippen molar-refractivity contribution in [3.8, 4) is 0 Å². The lowest BCUT2D eigenvalue weighted by atomic mass is 9.86. The zero-order chi connectivity index (χ0) is 9.14. The van der Waals surface area contributed by atoms with E-state index in [9.17, 15) is 10.1 Å². The van der Waals surface area contributed by atoms with E-state index in [4.69, 9.17) is 10.0 Å². The molecule has 1 aromatic rings. The Morgan fingerprint density at radius 2 is 2.17 bits per heavy atom. The van der Waals surface area contributed by atoms with Crippen LogP contribution in [0.25, 0.3) is 0 Å². The van der Waals surface area contributed by atoms with E-state index >= 15 is 0 Å². The minimum atomic E-state index is -1.77. The quantitative estimate of drug-likeness (QED) is 0.324. The van der Waals surface area contributed by atoms with E-state index < -0.39 is 17.9 Å². The molecule has 0 unspecified atom stereocenters. The van der Waals surface area contributed by atoms with Crippen LogP contribution in [-0.4, -0.2) is 27.1 Å². The van der Waals surface area contributed by atoms with Crippen molar-refractivity contribution in [3.63, 3.8) is 0 Å². The zero-order valence-electron chi connectivity index (χ0n) is 5.91. The molecule has 7 heteroatoms. The summed E-state index contributed by atoms with van der Waals surface area (Å²) in [6.45, 7) is 0. The maximum absolute atomic E-state index is 10.2. The van der Waals surface area contributed by atoms with Gasteiger partial charge in [0, 0.05) is 6.07 Å². The molecule has 1 heterocycles. The summed E-state index contributed by atoms with van der Waals surface area (Å²) in [7, 11) is -1.77. The topological polar surface area (TPSA) is 96.5 Å². The van der Waals surface area contributed by atoms with Crippen LogP contribution in [-0.2, 0) is 0 Å². The third kappa shape index (κ3) is 1.77. The number of hydrogen-bond donors (Lipinski definition) is 2. The lowest BCUT2D eigenvalue weighted by Crippen LogP contribution is -2.32. The molecular formula is C5H5BN2O4. The van der Waals surface area contributed by atoms with Crippen LogP contribution in [0.3, 0.4) is 0 Å². The van der Waals surface area contributed by atoms with Gasteiger partial charge in [0.05, 0.1) is 0 Å². The molecule has 0 aliphatic rings. The van der Waals surface area contributed by atoms with Gasteiger partial charge in [-0.2, -0.15) is 0 Å². The Balaban J connectivity index is 3.04. The fraction of sp³-hybridized carbons (Fsp3) is 0. The molecule has 0 saturated heterocycles. The van der Waals surface area contributed by atoms with Crippen LogP contribution in [0.5, 0.6) is 0 Å². The molecule has 0 amide bonds. The number of hydrogen-bond acceptors (Lipinski definition) is 5. The fourth-order valence-corrected chi connectivity index (χ4v) is 0.685. The van der Waals surface area contributed by atoms with E-state index in [2.05, 4.69) is 4.98 Å². The molecule has 0 saturated carbocycles. The molecule has 6 nitrogen and oxygen atoms in total. The van der Waals surface area contributed by atoms with Gasteiger partial charge in [0.1, 0.15) is 0 Å². The molecule has 12 heavy (non-hydrogen) atoms. The van der Waals surface area contributed by atoms with Crippen LogP contribution >= 0.6 is 0 Å². The fourth-order valence-electron chi connectivity index (χ4n) is 0.685. The second-order valence-corrected chi connectivity index (χ2v) is 2.05. The standard InChI is InChI=1S/C5H5BN2O4/c9-6(10)4-2-1-3-5(7-4)8(11)12/h1-3,9-10H. The molecule has 62 valence electrons. The van der Waals surface area contributed by atoms with Crippen molar-refractivity contribution < 1.29 is 15.0 Å². The van der Waals surface area contributed by atoms with Crippen LogP contribution in [0.15, 0.2) is 18.2 Å². The average molecular weight is 168 g/mol. The molecule has 2 N–H and O–H groups in total. The van der Waals surface area contributed by atoms with E-state index in [1.807, 2.05) is 0 Å². The molecule has 1 rings (SSSR count). The van der Waals surface area contributed by atoms with Gasteiger partial charge in [-0.25, -0.2) is 0 Å². The molecule has 0 atom stereocenters. The maximum atomic E-state index is 10.2. The van der Waals surface area contributed by atoms with Gasteiger partial charge in [0.15, 0.2) is 5.59 Å². The van der Waals surface area contributed by atoms with E-state index in [0.717, 1.165) is 0 Å². The van der Waals surface area contributed by atoms with Crippen LogP contribution in [0, 0.1) is 10.1 Å². The van der Waals surface area contributed by atoms with Gasteiger partial charge in [-0.15, -0.1) is 0 Å². The lowest BCUT2D eigenvalue weighted by molar-refractivity contribution is -0.389. The van der Waals surface area contributed by atoms with Gasteiger partial charge < -0.3 is 20.2 Å². The number of aromatic nitrogens is 1. The zero-order valence-corrected chi connectivity index (χ0v) is 5.91. The highest BCUT2D eigenvalue weighted by Crippen LogP contribution is 2.01. The Morgan fingerprint density at radius 1 is 1.50 bits per heavy atom. The molecule has 0 bridgehead atoms. The molecule has 0 radical (unpaired) electrons. The van der Waals surface area contributed by atoms with Crippen molar-refractivity contribution >= 4 is 18.5 Å². The number of pyridine rings is 1. The Hall–Kier alpha value is -1.47. The second kappa shape index (κ2) is 3.29. The number of nitrogens with zero attached hydrogens (tertiary/aromatic N) is 2. The number of nitro groups is 1. The largest absolute Gasteiger partial charge is 0.535 e. The van der Waals surface area contributed by atoms with Gasteiger partial charge in [0.25, 0.3) is 0 Å². The van der Waals surface area contributed by atoms with Crippen molar-refractivity contribution in [2.45, 2.75) is 0 Å². The first-order valence-corrected chi connectivity index (χ1v) is 3.09. The molecule has 1 aromatic heterocycles. The summed E-state index contributed by atoms with van der Waals surface area (Å²) in [5.74, 6) is -0.402. The monoisotopic (exact) mass is 168 g/mol. The van der Waals surface area contributed by atoms with E-state index in [-0.39, 0.29) is 5.59 Å². The first-order chi connectivity index (χ1) is 5.61. The van der Waals surface area contributed by atoms with Crippen LogP contribution in [0.1, 0.15) is 0 Å². The second-order valence-electron chi connectivity index (χ2n) is 2.05. The summed E-state index contributed by atoms with van der Waals surface area (Å²) in [6.07, 6.45) is 0. The summed E-state index contributed by atoms with van der Waals surface area (Å²) in [5, 5.41) is 27.4. The summed E-state index contributed by atoms with van der Waals surface area (Å²) < 4.78 is 0. The maximum Gasteiger partial charge on any atom is 0.535 e. The molecule has 0 spiro atoms. The lowest BCUT2D eigenvalue weighted by Gasteiger charge is -1.93. The third-order valence-corrected chi connectivity index (χ3v) is 1.21. The summed E-state index contributed by atoms with van der Waals surface area (Å²) >= 11 is 0. The predicted molar refractivity (Wildman–Crippen MR) is 40.7 cm³/mol. The van der Waals surface area contributed by atoms with Gasteiger partial charge in [-0.3, -0.25) is 0 Å². The third-order valence-electron chi connectivity index (χ3n) is 1.21. The molecular weight excluding hydrogens is 163 g/mol. The van der Waals surface area contributed by atoms with Crippen LogP contribution < -0.4 is 5.59 Å². The summed E-state index contributed by atoms with van der Waals surface area (Å²) in [5.41, 5.74) is -0.135. The highest BCUT2D eigenvalue weighted by Gasteiger charge is 2.20.